The maximum absolute atomic E-state index is 10.8. The molecule has 2 rings (SSSR count). The second kappa shape index (κ2) is 7.37. The number of hydrogen-bond acceptors (Lipinski definition) is 6. The number of nitro groups is 1. The van der Waals surface area contributed by atoms with E-state index in [9.17, 15) is 23.1 Å². The quantitative estimate of drug-likeness (QED) is 0.269. The first kappa shape index (κ1) is 20.2. The first-order valence-electron chi connectivity index (χ1n) is 7.46. The summed E-state index contributed by atoms with van der Waals surface area (Å²) in [5.74, 6) is 0. The Morgan fingerprint density at radius 2 is 1.88 bits per heavy atom. The van der Waals surface area contributed by atoms with Crippen LogP contribution in [-0.4, -0.2) is 41.3 Å². The van der Waals surface area contributed by atoms with Gasteiger partial charge in [0.15, 0.2) is 5.71 Å². The zero-order chi connectivity index (χ0) is 18.7. The molecule has 0 amide bonds. The van der Waals surface area contributed by atoms with Crippen molar-refractivity contribution < 1.29 is 26.7 Å². The van der Waals surface area contributed by atoms with E-state index in [0.29, 0.717) is 0 Å². The van der Waals surface area contributed by atoms with Gasteiger partial charge in [0.05, 0.1) is 16.9 Å². The third-order valence-electron chi connectivity index (χ3n) is 4.04. The monoisotopic (exact) mass is 358 g/mol. The van der Waals surface area contributed by atoms with Gasteiger partial charge in [-0.1, -0.05) is 0 Å². The molecule has 0 saturated carbocycles. The fourth-order valence-electron chi connectivity index (χ4n) is 2.64. The summed E-state index contributed by atoms with van der Waals surface area (Å²) in [6, 6.07) is 5.14. The number of benzene rings is 1. The summed E-state index contributed by atoms with van der Waals surface area (Å²) in [5.41, 5.74) is 3.43. The highest BCUT2D eigenvalue weighted by molar-refractivity contribution is 7.80. The van der Waals surface area contributed by atoms with E-state index in [1.165, 1.54) is 12.6 Å². The molecule has 0 spiro atoms. The van der Waals surface area contributed by atoms with E-state index in [1.807, 2.05) is 6.07 Å². The molecule has 1 aromatic rings. The molecule has 0 aliphatic carbocycles. The van der Waals surface area contributed by atoms with E-state index in [1.54, 1.807) is 12.1 Å². The number of hydrogen-bond donors (Lipinski definition) is 0. The number of non-ortho nitro benzene ring substituents is 1. The van der Waals surface area contributed by atoms with Crippen LogP contribution in [0.4, 0.5) is 11.4 Å². The maximum Gasteiger partial charge on any atom is 0.270 e. The minimum Gasteiger partial charge on any atom is -0.726 e. The molecule has 1 heterocycles. The van der Waals surface area contributed by atoms with Gasteiger partial charge in [-0.3, -0.25) is 14.3 Å². The number of fused-ring (bicyclic) bond motifs is 1. The minimum absolute atomic E-state index is 0.0914. The molecular formula is C15H22N2O6S. The summed E-state index contributed by atoms with van der Waals surface area (Å²) in [7, 11) is -4.42. The van der Waals surface area contributed by atoms with Gasteiger partial charge in [-0.05, 0) is 27.7 Å². The van der Waals surface area contributed by atoms with Gasteiger partial charge in [-0.15, -0.1) is 0 Å². The highest BCUT2D eigenvalue weighted by Crippen LogP contribution is 2.40. The van der Waals surface area contributed by atoms with Gasteiger partial charge in [-0.25, -0.2) is 8.42 Å². The average molecular weight is 358 g/mol. The van der Waals surface area contributed by atoms with Gasteiger partial charge >= 0.3 is 0 Å². The Labute approximate surface area is 141 Å². The van der Waals surface area contributed by atoms with Gasteiger partial charge in [0.2, 0.25) is 16.1 Å². The van der Waals surface area contributed by atoms with Crippen molar-refractivity contribution in [2.45, 2.75) is 40.0 Å². The van der Waals surface area contributed by atoms with Crippen LogP contribution in [0.5, 0.6) is 0 Å². The van der Waals surface area contributed by atoms with Crippen LogP contribution in [0.1, 0.15) is 40.2 Å². The van der Waals surface area contributed by atoms with E-state index in [2.05, 4.69) is 36.5 Å². The normalized spacial score (nSPS) is 15.6. The van der Waals surface area contributed by atoms with Gasteiger partial charge in [0.1, 0.15) is 6.54 Å². The van der Waals surface area contributed by atoms with Crippen LogP contribution in [0.2, 0.25) is 0 Å². The van der Waals surface area contributed by atoms with Gasteiger partial charge < -0.3 is 4.55 Å². The summed E-state index contributed by atoms with van der Waals surface area (Å²) in [4.78, 5) is 10.5. The number of rotatable bonds is 4. The largest absolute Gasteiger partial charge is 0.726 e. The minimum atomic E-state index is -4.42. The van der Waals surface area contributed by atoms with Crippen LogP contribution >= 0.6 is 0 Å². The molecule has 0 aromatic heterocycles. The Hall–Kier alpha value is -1.84. The molecule has 8 nitrogen and oxygen atoms in total. The molecule has 0 fully saturated rings. The SMILES string of the molecule is CCOS(=O)(=O)[O-].CC[N+]1=C(C)C(C)(C)c2cc([N+](=O)[O-])ccc21. The Kier molecular flexibility index (Phi) is 6.20. The number of nitro benzene ring substituents is 1. The maximum atomic E-state index is 10.8. The molecular weight excluding hydrogens is 336 g/mol. The predicted octanol–water partition coefficient (Wildman–Crippen LogP) is 2.49. The Balaban J connectivity index is 0.000000351. The van der Waals surface area contributed by atoms with Crippen molar-refractivity contribution in [3.63, 3.8) is 0 Å². The molecule has 1 aliphatic heterocycles. The molecule has 1 aromatic carbocycles. The Morgan fingerprint density at radius 3 is 2.25 bits per heavy atom. The van der Waals surface area contributed by atoms with E-state index < -0.39 is 10.4 Å². The Morgan fingerprint density at radius 1 is 1.29 bits per heavy atom. The topological polar surface area (TPSA) is 113 Å². The summed E-state index contributed by atoms with van der Waals surface area (Å²) in [6.45, 7) is 10.6. The Bertz CT molecular complexity index is 768. The molecule has 0 N–H and O–H groups in total. The van der Waals surface area contributed by atoms with Crippen LogP contribution in [0, 0.1) is 10.1 Å². The van der Waals surface area contributed by atoms with Crippen molar-refractivity contribution >= 4 is 27.5 Å². The van der Waals surface area contributed by atoms with Crippen molar-refractivity contribution in [2.24, 2.45) is 0 Å². The van der Waals surface area contributed by atoms with Crippen molar-refractivity contribution in [1.29, 1.82) is 0 Å². The van der Waals surface area contributed by atoms with Crippen LogP contribution in [-0.2, 0) is 20.0 Å². The van der Waals surface area contributed by atoms with Gasteiger partial charge in [0, 0.05) is 30.7 Å². The second-order valence-electron chi connectivity index (χ2n) is 5.73. The molecule has 1 aliphatic rings. The zero-order valence-corrected chi connectivity index (χ0v) is 15.2. The van der Waals surface area contributed by atoms with E-state index in [0.717, 1.165) is 17.8 Å². The molecule has 134 valence electrons. The smallest absolute Gasteiger partial charge is 0.270 e. The molecule has 0 bridgehead atoms. The van der Waals surface area contributed by atoms with Gasteiger partial charge in [0.25, 0.3) is 5.69 Å². The first-order valence-corrected chi connectivity index (χ1v) is 8.79. The molecule has 9 heteroatoms. The van der Waals surface area contributed by atoms with E-state index in [-0.39, 0.29) is 22.6 Å². The standard InChI is InChI=1S/C13H17N2O2.C2H6O4S/c1-5-14-9(2)13(3,4)11-8-10(15(16)17)6-7-12(11)14;1-2-6-7(3,4)5/h6-8H,5H2,1-4H3;2H2,1H3,(H,3,4,5)/q+1;/p-1. The highest BCUT2D eigenvalue weighted by atomic mass is 32.3. The molecule has 0 unspecified atom stereocenters. The molecule has 0 radical (unpaired) electrons. The lowest BCUT2D eigenvalue weighted by molar-refractivity contribution is -0.434. The average Bonchev–Trinajstić information content (AvgIpc) is 2.65. The second-order valence-corrected chi connectivity index (χ2v) is 6.78. The zero-order valence-electron chi connectivity index (χ0n) is 14.4. The van der Waals surface area contributed by atoms with Crippen molar-refractivity contribution in [1.82, 2.24) is 0 Å². The van der Waals surface area contributed by atoms with E-state index >= 15 is 0 Å². The summed E-state index contributed by atoms with van der Waals surface area (Å²) >= 11 is 0. The van der Waals surface area contributed by atoms with E-state index in [4.69, 9.17) is 0 Å². The number of nitrogens with zero attached hydrogens (tertiary/aromatic N) is 2. The fraction of sp³-hybridized carbons (Fsp3) is 0.533. The molecule has 0 atom stereocenters. The molecule has 24 heavy (non-hydrogen) atoms. The van der Waals surface area contributed by atoms with Crippen LogP contribution in [0.25, 0.3) is 0 Å². The summed E-state index contributed by atoms with van der Waals surface area (Å²) in [5, 5.41) is 10.8. The lowest BCUT2D eigenvalue weighted by atomic mass is 9.82. The predicted molar refractivity (Wildman–Crippen MR) is 88.6 cm³/mol. The van der Waals surface area contributed by atoms with Crippen molar-refractivity contribution in [3.05, 3.63) is 33.9 Å². The van der Waals surface area contributed by atoms with Crippen molar-refractivity contribution in [3.8, 4) is 0 Å². The van der Waals surface area contributed by atoms with Crippen LogP contribution < -0.4 is 0 Å². The lowest BCUT2D eigenvalue weighted by Gasteiger charge is -2.14. The third-order valence-corrected chi connectivity index (χ3v) is 4.57. The first-order chi connectivity index (χ1) is 11.0. The fourth-order valence-corrected chi connectivity index (χ4v) is 2.93. The third kappa shape index (κ3) is 4.37. The highest BCUT2D eigenvalue weighted by Gasteiger charge is 2.43. The summed E-state index contributed by atoms with van der Waals surface area (Å²) in [6.07, 6.45) is 0. The summed E-state index contributed by atoms with van der Waals surface area (Å²) < 4.78 is 34.2. The lowest BCUT2D eigenvalue weighted by Crippen LogP contribution is -2.26. The van der Waals surface area contributed by atoms with Gasteiger partial charge in [-0.2, -0.15) is 4.58 Å². The van der Waals surface area contributed by atoms with Crippen LogP contribution in [0.3, 0.4) is 0 Å². The van der Waals surface area contributed by atoms with Crippen LogP contribution in [0.15, 0.2) is 18.2 Å². The van der Waals surface area contributed by atoms with Crippen molar-refractivity contribution in [2.75, 3.05) is 13.2 Å². The molecule has 0 saturated heterocycles.